The summed E-state index contributed by atoms with van der Waals surface area (Å²) >= 11 is 1.47. The summed E-state index contributed by atoms with van der Waals surface area (Å²) in [6, 6.07) is 5.65. The third-order valence-electron chi connectivity index (χ3n) is 1.65. The monoisotopic (exact) mass is 204 g/mol. The van der Waals surface area contributed by atoms with E-state index in [0.29, 0.717) is 10.9 Å². The Labute approximate surface area is 85.8 Å². The molecule has 4 nitrogen and oxygen atoms in total. The van der Waals surface area contributed by atoms with Crippen molar-refractivity contribution < 1.29 is 0 Å². The van der Waals surface area contributed by atoms with E-state index in [2.05, 4.69) is 20.2 Å². The number of aromatic nitrogens is 4. The van der Waals surface area contributed by atoms with Gasteiger partial charge in [-0.1, -0.05) is 17.8 Å². The van der Waals surface area contributed by atoms with E-state index in [9.17, 15) is 0 Å². The fourth-order valence-corrected chi connectivity index (χ4v) is 1.27. The predicted octanol–water partition coefficient (Wildman–Crippen LogP) is 1.66. The summed E-state index contributed by atoms with van der Waals surface area (Å²) in [5.41, 5.74) is 1.49. The molecule has 0 aliphatic carbocycles. The van der Waals surface area contributed by atoms with Crippen LogP contribution in [0.2, 0.25) is 0 Å². The lowest BCUT2D eigenvalue weighted by Gasteiger charge is -1.97. The molecule has 0 bridgehead atoms. The van der Waals surface area contributed by atoms with E-state index in [-0.39, 0.29) is 0 Å². The first-order chi connectivity index (χ1) is 6.90. The maximum Gasteiger partial charge on any atom is 0.208 e. The Balaban J connectivity index is 2.34. The van der Waals surface area contributed by atoms with Crippen LogP contribution < -0.4 is 0 Å². The van der Waals surface area contributed by atoms with Crippen LogP contribution in [0.5, 0.6) is 0 Å². The molecular weight excluding hydrogens is 196 g/mol. The molecule has 0 spiro atoms. The van der Waals surface area contributed by atoms with Crippen LogP contribution in [0, 0.1) is 0 Å². The van der Waals surface area contributed by atoms with E-state index in [0.717, 1.165) is 5.69 Å². The first kappa shape index (κ1) is 9.08. The van der Waals surface area contributed by atoms with Gasteiger partial charge in [-0.05, 0) is 18.4 Å². The molecule has 2 rings (SSSR count). The molecule has 0 saturated heterocycles. The van der Waals surface area contributed by atoms with Gasteiger partial charge in [-0.2, -0.15) is 0 Å². The molecule has 0 N–H and O–H groups in total. The minimum absolute atomic E-state index is 0.671. The lowest BCUT2D eigenvalue weighted by molar-refractivity contribution is 0.844. The van der Waals surface area contributed by atoms with Crippen LogP contribution >= 0.6 is 11.8 Å². The van der Waals surface area contributed by atoms with Crippen LogP contribution in [0.4, 0.5) is 0 Å². The standard InChI is InChI=1S/C9H8N4S/c1-14-9-11-6-8(12-13-9)7-4-2-3-5-10-7/h2-6H,1H3. The second-order valence-electron chi connectivity index (χ2n) is 2.55. The van der Waals surface area contributed by atoms with Gasteiger partial charge in [0.1, 0.15) is 5.69 Å². The van der Waals surface area contributed by atoms with E-state index < -0.39 is 0 Å². The fraction of sp³-hybridized carbons (Fsp3) is 0.111. The minimum atomic E-state index is 0.671. The quantitative estimate of drug-likeness (QED) is 0.696. The first-order valence-electron chi connectivity index (χ1n) is 4.05. The van der Waals surface area contributed by atoms with Crippen molar-refractivity contribution in [1.82, 2.24) is 20.2 Å². The number of rotatable bonds is 2. The van der Waals surface area contributed by atoms with Crippen molar-refractivity contribution >= 4 is 11.8 Å². The van der Waals surface area contributed by atoms with Crippen LogP contribution in [-0.4, -0.2) is 26.4 Å². The molecule has 0 unspecified atom stereocenters. The highest BCUT2D eigenvalue weighted by atomic mass is 32.2. The molecule has 0 aliphatic heterocycles. The van der Waals surface area contributed by atoms with Gasteiger partial charge in [-0.3, -0.25) is 4.98 Å². The molecule has 0 aromatic carbocycles. The molecule has 0 radical (unpaired) electrons. The summed E-state index contributed by atoms with van der Waals surface area (Å²) < 4.78 is 0. The van der Waals surface area contributed by atoms with Crippen molar-refractivity contribution in [3.8, 4) is 11.4 Å². The molecule has 5 heteroatoms. The molecule has 14 heavy (non-hydrogen) atoms. The van der Waals surface area contributed by atoms with Crippen molar-refractivity contribution in [2.45, 2.75) is 5.16 Å². The normalized spacial score (nSPS) is 10.1. The van der Waals surface area contributed by atoms with E-state index in [4.69, 9.17) is 0 Å². The molecule has 0 fully saturated rings. The smallest absolute Gasteiger partial charge is 0.208 e. The zero-order valence-electron chi connectivity index (χ0n) is 7.58. The second-order valence-corrected chi connectivity index (χ2v) is 3.32. The molecule has 0 saturated carbocycles. The van der Waals surface area contributed by atoms with Gasteiger partial charge in [0.15, 0.2) is 0 Å². The largest absolute Gasteiger partial charge is 0.254 e. The summed E-state index contributed by atoms with van der Waals surface area (Å²) in [6.45, 7) is 0. The second kappa shape index (κ2) is 4.15. The van der Waals surface area contributed by atoms with Gasteiger partial charge in [-0.15, -0.1) is 10.2 Å². The third-order valence-corrected chi connectivity index (χ3v) is 2.20. The Morgan fingerprint density at radius 3 is 2.57 bits per heavy atom. The summed E-state index contributed by atoms with van der Waals surface area (Å²) in [7, 11) is 0. The van der Waals surface area contributed by atoms with Crippen LogP contribution in [0.15, 0.2) is 35.7 Å². The average Bonchev–Trinajstić information content (AvgIpc) is 2.30. The highest BCUT2D eigenvalue weighted by molar-refractivity contribution is 7.98. The van der Waals surface area contributed by atoms with E-state index in [1.165, 1.54) is 11.8 Å². The van der Waals surface area contributed by atoms with Gasteiger partial charge in [0.2, 0.25) is 5.16 Å². The van der Waals surface area contributed by atoms with Crippen LogP contribution in [0.3, 0.4) is 0 Å². The summed E-state index contributed by atoms with van der Waals surface area (Å²) in [4.78, 5) is 8.28. The molecule has 2 aromatic heterocycles. The molecular formula is C9H8N4S. The van der Waals surface area contributed by atoms with Gasteiger partial charge in [0.25, 0.3) is 0 Å². The van der Waals surface area contributed by atoms with Crippen molar-refractivity contribution in [3.63, 3.8) is 0 Å². The van der Waals surface area contributed by atoms with Crippen molar-refractivity contribution in [1.29, 1.82) is 0 Å². The van der Waals surface area contributed by atoms with E-state index in [1.807, 2.05) is 24.5 Å². The Bertz CT molecular complexity index is 401. The zero-order chi connectivity index (χ0) is 9.80. The third kappa shape index (κ3) is 1.88. The van der Waals surface area contributed by atoms with Crippen LogP contribution in [-0.2, 0) is 0 Å². The highest BCUT2D eigenvalue weighted by Gasteiger charge is 2.01. The maximum atomic E-state index is 4.16. The minimum Gasteiger partial charge on any atom is -0.254 e. The maximum absolute atomic E-state index is 4.16. The number of hydrogen-bond donors (Lipinski definition) is 0. The number of nitrogens with zero attached hydrogens (tertiary/aromatic N) is 4. The van der Waals surface area contributed by atoms with E-state index in [1.54, 1.807) is 12.4 Å². The molecule has 70 valence electrons. The van der Waals surface area contributed by atoms with E-state index >= 15 is 0 Å². The number of hydrogen-bond acceptors (Lipinski definition) is 5. The van der Waals surface area contributed by atoms with Gasteiger partial charge < -0.3 is 0 Å². The zero-order valence-corrected chi connectivity index (χ0v) is 8.40. The highest BCUT2D eigenvalue weighted by Crippen LogP contribution is 2.12. The summed E-state index contributed by atoms with van der Waals surface area (Å²) in [5, 5.41) is 8.63. The van der Waals surface area contributed by atoms with Gasteiger partial charge in [0, 0.05) is 6.20 Å². The topological polar surface area (TPSA) is 51.6 Å². The molecule has 0 atom stereocenters. The molecule has 0 aliphatic rings. The van der Waals surface area contributed by atoms with Crippen molar-refractivity contribution in [2.75, 3.05) is 6.26 Å². The Hall–Kier alpha value is -1.49. The number of pyridine rings is 1. The predicted molar refractivity (Wildman–Crippen MR) is 54.8 cm³/mol. The molecule has 2 aromatic rings. The van der Waals surface area contributed by atoms with Crippen molar-refractivity contribution in [2.24, 2.45) is 0 Å². The molecule has 0 amide bonds. The lowest BCUT2D eigenvalue weighted by atomic mass is 10.3. The Morgan fingerprint density at radius 2 is 2.00 bits per heavy atom. The fourth-order valence-electron chi connectivity index (χ4n) is 0.990. The van der Waals surface area contributed by atoms with Crippen LogP contribution in [0.25, 0.3) is 11.4 Å². The molecule has 2 heterocycles. The Kier molecular flexibility index (Phi) is 2.69. The van der Waals surface area contributed by atoms with Gasteiger partial charge in [0.05, 0.1) is 11.9 Å². The summed E-state index contributed by atoms with van der Waals surface area (Å²) in [5.74, 6) is 0. The lowest BCUT2D eigenvalue weighted by Crippen LogP contribution is -1.93. The Morgan fingerprint density at radius 1 is 1.07 bits per heavy atom. The van der Waals surface area contributed by atoms with Crippen molar-refractivity contribution in [3.05, 3.63) is 30.6 Å². The van der Waals surface area contributed by atoms with Gasteiger partial charge >= 0.3 is 0 Å². The van der Waals surface area contributed by atoms with Crippen LogP contribution in [0.1, 0.15) is 0 Å². The average molecular weight is 204 g/mol. The number of thioether (sulfide) groups is 1. The van der Waals surface area contributed by atoms with Gasteiger partial charge in [-0.25, -0.2) is 4.98 Å². The summed E-state index contributed by atoms with van der Waals surface area (Å²) in [6.07, 6.45) is 5.32. The first-order valence-corrected chi connectivity index (χ1v) is 5.28. The SMILES string of the molecule is CSc1ncc(-c2ccccn2)nn1.